The lowest BCUT2D eigenvalue weighted by molar-refractivity contribution is -0.161. The van der Waals surface area contributed by atoms with E-state index in [4.69, 9.17) is 32.3 Å². The Balaban J connectivity index is 4.70. The maximum atomic E-state index is 12.9. The summed E-state index contributed by atoms with van der Waals surface area (Å²) >= 11 is 0. The van der Waals surface area contributed by atoms with Crippen molar-refractivity contribution >= 4 is 33.6 Å². The van der Waals surface area contributed by atoms with Crippen LogP contribution >= 0.6 is 15.6 Å². The summed E-state index contributed by atoms with van der Waals surface area (Å²) in [6.45, 7) is 2.43. The second-order valence-electron chi connectivity index (χ2n) is 21.9. The Bertz CT molecular complexity index is 2030. The van der Waals surface area contributed by atoms with E-state index in [1.807, 2.05) is 0 Å². The zero-order chi connectivity index (χ0) is 63.8. The molecule has 4 N–H and O–H groups in total. The lowest BCUT2D eigenvalue weighted by Gasteiger charge is -2.21. The lowest BCUT2D eigenvalue weighted by atomic mass is 10.1. The van der Waals surface area contributed by atoms with Crippen molar-refractivity contribution in [3.63, 3.8) is 0 Å². The fourth-order valence-corrected chi connectivity index (χ4v) is 9.95. The van der Waals surface area contributed by atoms with Crippen molar-refractivity contribution in [1.82, 2.24) is 0 Å². The summed E-state index contributed by atoms with van der Waals surface area (Å²) in [6.07, 6.45) is 68.6. The molecule has 0 aliphatic carbocycles. The highest BCUT2D eigenvalue weighted by Crippen LogP contribution is 2.45. The van der Waals surface area contributed by atoms with Gasteiger partial charge in [-0.05, 0) is 128 Å². The summed E-state index contributed by atoms with van der Waals surface area (Å²) in [5.74, 6) is -1.64. The fraction of sp³-hybridized carbons (Fsp3) is 0.696. The Kier molecular flexibility index (Phi) is 59.7. The molecule has 0 aliphatic heterocycles. The summed E-state index contributed by atoms with van der Waals surface area (Å²) in [4.78, 5) is 58.3. The number of rotatable bonds is 62. The van der Waals surface area contributed by atoms with Crippen LogP contribution in [0.2, 0.25) is 0 Å². The molecule has 5 atom stereocenters. The quantitative estimate of drug-likeness (QED) is 0.0146. The number of hydrogen-bond donors (Lipinski definition) is 4. The van der Waals surface area contributed by atoms with Crippen LogP contribution in [0.3, 0.4) is 0 Å². The summed E-state index contributed by atoms with van der Waals surface area (Å²) in [6, 6.07) is 0. The minimum atomic E-state index is -4.93. The number of carbonyl (C=O) groups excluding carboxylic acids is 3. The van der Waals surface area contributed by atoms with Crippen LogP contribution < -0.4 is 0 Å². The normalized spacial score (nSPS) is 15.0. The minimum Gasteiger partial charge on any atom is -0.463 e. The van der Waals surface area contributed by atoms with E-state index < -0.39 is 91.5 Å². The van der Waals surface area contributed by atoms with Gasteiger partial charge in [0.15, 0.2) is 6.10 Å². The van der Waals surface area contributed by atoms with Gasteiger partial charge in [0.1, 0.15) is 25.4 Å². The molecule has 0 bridgehead atoms. The standard InChI is InChI=1S/C69H118O16P2/c1-4-7-10-13-16-19-22-25-28-29-30-31-32-33-36-38-40-43-46-49-52-55-67(72)79-58-64(70)59-81-86(75,76)82-60-65(71)61-83-87(77,78)84-63-66(85-69(74)57-54-51-48-45-42-39-35-27-24-21-18-15-12-9-6-3)62-80-68(73)56-53-50-47-44-41-37-34-26-23-20-17-14-11-8-5-2/h7,10,16-17,19-20,25-28,30-31,33-36,40,43,64-66,70-71H,4-6,8-9,11-15,18,21-24,29,32,37-39,41-42,44-63H2,1-3H3,(H,75,76)(H,77,78)/b10-7-,19-16-,20-17-,28-25-,31-30-,34-26-,35-27-,36-33-,43-40-. The molecule has 0 spiro atoms. The average molecular weight is 1270 g/mol. The maximum Gasteiger partial charge on any atom is 0.472 e. The Hall–Kier alpha value is -3.79. The smallest absolute Gasteiger partial charge is 0.463 e. The lowest BCUT2D eigenvalue weighted by Crippen LogP contribution is -2.30. The van der Waals surface area contributed by atoms with Crippen molar-refractivity contribution in [2.75, 3.05) is 39.6 Å². The van der Waals surface area contributed by atoms with Crippen molar-refractivity contribution in [1.29, 1.82) is 0 Å². The highest BCUT2D eigenvalue weighted by molar-refractivity contribution is 7.47. The molecule has 500 valence electrons. The van der Waals surface area contributed by atoms with E-state index in [-0.39, 0.29) is 19.3 Å². The fourth-order valence-electron chi connectivity index (χ4n) is 8.36. The van der Waals surface area contributed by atoms with Crippen molar-refractivity contribution in [3.8, 4) is 0 Å². The van der Waals surface area contributed by atoms with Gasteiger partial charge in [0.05, 0.1) is 26.4 Å². The summed E-state index contributed by atoms with van der Waals surface area (Å²) < 4.78 is 60.8. The number of unbranched alkanes of at least 4 members (excludes halogenated alkanes) is 21. The van der Waals surface area contributed by atoms with Crippen LogP contribution in [0, 0.1) is 0 Å². The van der Waals surface area contributed by atoms with Crippen molar-refractivity contribution in [2.24, 2.45) is 0 Å². The molecule has 0 aromatic rings. The van der Waals surface area contributed by atoms with Gasteiger partial charge in [-0.25, -0.2) is 9.13 Å². The molecule has 16 nitrogen and oxygen atoms in total. The third-order valence-electron chi connectivity index (χ3n) is 13.5. The predicted molar refractivity (Wildman–Crippen MR) is 353 cm³/mol. The van der Waals surface area contributed by atoms with Gasteiger partial charge in [0.2, 0.25) is 0 Å². The first-order valence-electron chi connectivity index (χ1n) is 33.2. The molecule has 0 aliphatic rings. The van der Waals surface area contributed by atoms with E-state index in [1.165, 1.54) is 57.8 Å². The Morgan fingerprint density at radius 1 is 0.333 bits per heavy atom. The first kappa shape index (κ1) is 83.2. The molecule has 18 heteroatoms. The van der Waals surface area contributed by atoms with E-state index in [2.05, 4.69) is 130 Å². The van der Waals surface area contributed by atoms with Crippen LogP contribution in [0.4, 0.5) is 0 Å². The van der Waals surface area contributed by atoms with E-state index in [0.717, 1.165) is 135 Å². The topological polar surface area (TPSA) is 231 Å². The van der Waals surface area contributed by atoms with Gasteiger partial charge in [0, 0.05) is 19.3 Å². The van der Waals surface area contributed by atoms with Crippen molar-refractivity contribution < 1.29 is 75.8 Å². The molecule has 87 heavy (non-hydrogen) atoms. The molecular formula is C69H118O16P2. The van der Waals surface area contributed by atoms with Crippen LogP contribution in [-0.4, -0.2) is 95.9 Å². The molecule has 0 aromatic heterocycles. The van der Waals surface area contributed by atoms with Crippen molar-refractivity contribution in [3.05, 3.63) is 109 Å². The number of phosphoric ester groups is 2. The maximum absolute atomic E-state index is 12.9. The van der Waals surface area contributed by atoms with Gasteiger partial charge < -0.3 is 34.2 Å². The van der Waals surface area contributed by atoms with Crippen LogP contribution in [0.25, 0.3) is 0 Å². The van der Waals surface area contributed by atoms with Crippen LogP contribution in [-0.2, 0) is 55.8 Å². The number of hydrogen-bond acceptors (Lipinski definition) is 14. The second-order valence-corrected chi connectivity index (χ2v) is 24.8. The minimum absolute atomic E-state index is 0.0895. The van der Waals surface area contributed by atoms with E-state index >= 15 is 0 Å². The Morgan fingerprint density at radius 2 is 0.609 bits per heavy atom. The van der Waals surface area contributed by atoms with Crippen LogP contribution in [0.15, 0.2) is 109 Å². The molecule has 0 radical (unpaired) electrons. The Labute approximate surface area is 526 Å². The van der Waals surface area contributed by atoms with Gasteiger partial charge >= 0.3 is 33.6 Å². The number of carbonyl (C=O) groups is 3. The highest BCUT2D eigenvalue weighted by atomic mass is 31.2. The monoisotopic (exact) mass is 1260 g/mol. The van der Waals surface area contributed by atoms with Gasteiger partial charge in [-0.3, -0.25) is 32.5 Å². The molecular weight excluding hydrogens is 1150 g/mol. The third kappa shape index (κ3) is 63.6. The molecule has 0 amide bonds. The third-order valence-corrected chi connectivity index (χ3v) is 15.4. The molecule has 0 heterocycles. The van der Waals surface area contributed by atoms with Gasteiger partial charge in [-0.1, -0.05) is 214 Å². The number of aliphatic hydroxyl groups is 2. The summed E-state index contributed by atoms with van der Waals surface area (Å²) in [5, 5.41) is 20.5. The van der Waals surface area contributed by atoms with Crippen LogP contribution in [0.5, 0.6) is 0 Å². The van der Waals surface area contributed by atoms with Crippen molar-refractivity contribution in [2.45, 2.75) is 270 Å². The molecule has 5 unspecified atom stereocenters. The van der Waals surface area contributed by atoms with E-state index in [1.54, 1.807) is 0 Å². The molecule has 0 saturated heterocycles. The summed E-state index contributed by atoms with van der Waals surface area (Å²) in [5.41, 5.74) is 0. The zero-order valence-corrected chi connectivity index (χ0v) is 55.7. The Morgan fingerprint density at radius 3 is 1.02 bits per heavy atom. The van der Waals surface area contributed by atoms with E-state index in [9.17, 15) is 43.5 Å². The average Bonchev–Trinajstić information content (AvgIpc) is 3.68. The first-order chi connectivity index (χ1) is 42.2. The van der Waals surface area contributed by atoms with E-state index in [0.29, 0.717) is 19.3 Å². The van der Waals surface area contributed by atoms with Gasteiger partial charge in [-0.15, -0.1) is 0 Å². The zero-order valence-electron chi connectivity index (χ0n) is 53.9. The molecule has 0 saturated carbocycles. The predicted octanol–water partition coefficient (Wildman–Crippen LogP) is 18.1. The number of allylic oxidation sites excluding steroid dienone is 18. The second kappa shape index (κ2) is 62.4. The molecule has 0 rings (SSSR count). The van der Waals surface area contributed by atoms with Crippen LogP contribution in [0.1, 0.15) is 252 Å². The van der Waals surface area contributed by atoms with Gasteiger partial charge in [0.25, 0.3) is 0 Å². The number of aliphatic hydroxyl groups excluding tert-OH is 2. The first-order valence-corrected chi connectivity index (χ1v) is 36.2. The largest absolute Gasteiger partial charge is 0.472 e. The van der Waals surface area contributed by atoms with Gasteiger partial charge in [-0.2, -0.15) is 0 Å². The molecule has 0 fully saturated rings. The number of ether oxygens (including phenoxy) is 3. The molecule has 0 aromatic carbocycles. The highest BCUT2D eigenvalue weighted by Gasteiger charge is 2.29. The SMILES string of the molecule is CC/C=C\C/C=C\C/C=C\C/C=C\C/C=C\C/C=C\CCCCC(=O)OCC(O)COP(=O)(O)OCC(O)COP(=O)(O)OCC(COC(=O)CCCCCCC/C=C\C/C=C\CCCCC)OC(=O)CCCCCCC/C=C\CCCCCCCC. The summed E-state index contributed by atoms with van der Waals surface area (Å²) in [7, 11) is -9.79. The number of esters is 3. The number of phosphoric acid groups is 2.